The van der Waals surface area contributed by atoms with E-state index in [0.29, 0.717) is 29.7 Å². The van der Waals surface area contributed by atoms with Crippen molar-refractivity contribution in [3.05, 3.63) is 28.7 Å². The van der Waals surface area contributed by atoms with E-state index in [-0.39, 0.29) is 10.7 Å². The lowest BCUT2D eigenvalue weighted by molar-refractivity contribution is -0.143. The van der Waals surface area contributed by atoms with Crippen molar-refractivity contribution in [2.45, 2.75) is 6.92 Å². The molecule has 27 heavy (non-hydrogen) atoms. The molecule has 0 unspecified atom stereocenters. The topological polar surface area (TPSA) is 119 Å². The van der Waals surface area contributed by atoms with Crippen LogP contribution in [0.25, 0.3) is 6.08 Å². The molecule has 1 aliphatic heterocycles. The number of aliphatic carboxylic acids is 1. The van der Waals surface area contributed by atoms with Gasteiger partial charge in [0.05, 0.1) is 18.6 Å². The molecule has 1 aliphatic rings. The van der Waals surface area contributed by atoms with Gasteiger partial charge in [-0.25, -0.2) is 4.79 Å². The summed E-state index contributed by atoms with van der Waals surface area (Å²) in [5, 5.41) is 8.15. The highest BCUT2D eigenvalue weighted by molar-refractivity contribution is 8.18. The van der Waals surface area contributed by atoms with E-state index in [1.165, 1.54) is 19.3 Å². The Morgan fingerprint density at radius 1 is 1.22 bits per heavy atom. The Morgan fingerprint density at radius 3 is 2.59 bits per heavy atom. The highest BCUT2D eigenvalue weighted by Gasteiger charge is 2.36. The minimum absolute atomic E-state index is 0.144. The SMILES string of the molecule is CCOc1cc(/C=C2\SC(=O)N(CC(=O)OC)C2=O)ccc1OCC(=O)O. The van der Waals surface area contributed by atoms with Gasteiger partial charge < -0.3 is 19.3 Å². The molecule has 1 saturated heterocycles. The van der Waals surface area contributed by atoms with Crippen LogP contribution in [0.15, 0.2) is 23.1 Å². The molecule has 1 fully saturated rings. The van der Waals surface area contributed by atoms with Gasteiger partial charge >= 0.3 is 11.9 Å². The number of hydrogen-bond acceptors (Lipinski definition) is 8. The van der Waals surface area contributed by atoms with Crippen molar-refractivity contribution in [3.8, 4) is 11.5 Å². The van der Waals surface area contributed by atoms with Crippen molar-refractivity contribution in [2.75, 3.05) is 26.9 Å². The van der Waals surface area contributed by atoms with Crippen molar-refractivity contribution in [2.24, 2.45) is 0 Å². The summed E-state index contributed by atoms with van der Waals surface area (Å²) in [5.41, 5.74) is 0.546. The molecule has 10 heteroatoms. The van der Waals surface area contributed by atoms with Crippen molar-refractivity contribution < 1.29 is 38.5 Å². The summed E-state index contributed by atoms with van der Waals surface area (Å²) in [6.45, 7) is 1.10. The van der Waals surface area contributed by atoms with E-state index in [0.717, 1.165) is 4.90 Å². The van der Waals surface area contributed by atoms with Crippen LogP contribution in [-0.2, 0) is 19.1 Å². The lowest BCUT2D eigenvalue weighted by Gasteiger charge is -2.11. The number of methoxy groups -OCH3 is 1. The first-order valence-electron chi connectivity index (χ1n) is 7.79. The van der Waals surface area contributed by atoms with E-state index in [2.05, 4.69) is 4.74 Å². The molecule has 0 saturated carbocycles. The average Bonchev–Trinajstić information content (AvgIpc) is 2.88. The number of amides is 2. The average molecular weight is 395 g/mol. The monoisotopic (exact) mass is 395 g/mol. The van der Waals surface area contributed by atoms with E-state index in [4.69, 9.17) is 14.6 Å². The fourth-order valence-corrected chi connectivity index (χ4v) is 2.96. The molecule has 0 aliphatic carbocycles. The largest absolute Gasteiger partial charge is 0.490 e. The Kier molecular flexibility index (Phi) is 6.83. The summed E-state index contributed by atoms with van der Waals surface area (Å²) < 4.78 is 15.1. The van der Waals surface area contributed by atoms with E-state index < -0.39 is 36.2 Å². The molecule has 0 atom stereocenters. The Labute approximate surface area is 158 Å². The number of rotatable bonds is 8. The zero-order valence-electron chi connectivity index (χ0n) is 14.6. The Balaban J connectivity index is 2.23. The molecule has 0 spiro atoms. The second-order valence-electron chi connectivity index (χ2n) is 5.17. The maximum absolute atomic E-state index is 12.3. The van der Waals surface area contributed by atoms with Crippen LogP contribution in [0, 0.1) is 0 Å². The second-order valence-corrected chi connectivity index (χ2v) is 6.16. The normalized spacial score (nSPS) is 15.2. The number of imide groups is 1. The maximum Gasteiger partial charge on any atom is 0.341 e. The van der Waals surface area contributed by atoms with Crippen molar-refractivity contribution in [1.82, 2.24) is 4.90 Å². The molecule has 9 nitrogen and oxygen atoms in total. The fraction of sp³-hybridized carbons (Fsp3) is 0.294. The molecule has 0 bridgehead atoms. The summed E-state index contributed by atoms with van der Waals surface area (Å²) in [6, 6.07) is 4.67. The van der Waals surface area contributed by atoms with Gasteiger partial charge in [-0.3, -0.25) is 19.3 Å². The number of carboxylic acid groups (broad SMARTS) is 1. The minimum Gasteiger partial charge on any atom is -0.490 e. The molecular formula is C17H17NO8S. The van der Waals surface area contributed by atoms with Crippen molar-refractivity contribution in [3.63, 3.8) is 0 Å². The first-order valence-corrected chi connectivity index (χ1v) is 8.61. The fourth-order valence-electron chi connectivity index (χ4n) is 2.12. The summed E-state index contributed by atoms with van der Waals surface area (Å²) >= 11 is 0.708. The van der Waals surface area contributed by atoms with Crippen LogP contribution in [0.3, 0.4) is 0 Å². The van der Waals surface area contributed by atoms with Gasteiger partial charge in [0.2, 0.25) is 0 Å². The third kappa shape index (κ3) is 5.23. The second kappa shape index (κ2) is 9.08. The minimum atomic E-state index is -1.12. The first-order chi connectivity index (χ1) is 12.8. The van der Waals surface area contributed by atoms with Crippen molar-refractivity contribution in [1.29, 1.82) is 0 Å². The number of thioether (sulfide) groups is 1. The Bertz CT molecular complexity index is 804. The predicted molar refractivity (Wildman–Crippen MR) is 95.4 cm³/mol. The van der Waals surface area contributed by atoms with E-state index in [1.807, 2.05) is 0 Å². The van der Waals surface area contributed by atoms with Gasteiger partial charge in [0.1, 0.15) is 6.54 Å². The Hall–Kier alpha value is -3.01. The lowest BCUT2D eigenvalue weighted by atomic mass is 10.2. The lowest BCUT2D eigenvalue weighted by Crippen LogP contribution is -2.34. The number of nitrogens with zero attached hydrogens (tertiary/aromatic N) is 1. The first kappa shape index (κ1) is 20.3. The van der Waals surface area contributed by atoms with Gasteiger partial charge in [-0.2, -0.15) is 0 Å². The van der Waals surface area contributed by atoms with Crippen LogP contribution in [0.4, 0.5) is 4.79 Å². The van der Waals surface area contributed by atoms with Gasteiger partial charge in [-0.1, -0.05) is 6.07 Å². The van der Waals surface area contributed by atoms with E-state index >= 15 is 0 Å². The highest BCUT2D eigenvalue weighted by atomic mass is 32.2. The van der Waals surface area contributed by atoms with Crippen LogP contribution < -0.4 is 9.47 Å². The van der Waals surface area contributed by atoms with Crippen LogP contribution in [0.2, 0.25) is 0 Å². The smallest absolute Gasteiger partial charge is 0.341 e. The molecule has 144 valence electrons. The number of carbonyl (C=O) groups excluding carboxylic acids is 3. The number of esters is 1. The third-order valence-electron chi connectivity index (χ3n) is 3.30. The summed E-state index contributed by atoms with van der Waals surface area (Å²) in [7, 11) is 1.17. The van der Waals surface area contributed by atoms with Gasteiger partial charge in [-0.15, -0.1) is 0 Å². The zero-order chi connectivity index (χ0) is 20.0. The molecule has 1 heterocycles. The van der Waals surface area contributed by atoms with Gasteiger partial charge in [0, 0.05) is 0 Å². The maximum atomic E-state index is 12.3. The third-order valence-corrected chi connectivity index (χ3v) is 4.21. The van der Waals surface area contributed by atoms with Gasteiger partial charge in [0.25, 0.3) is 11.1 Å². The predicted octanol–water partition coefficient (Wildman–Crippen LogP) is 1.76. The summed E-state index contributed by atoms with van der Waals surface area (Å²) in [5.74, 6) is -1.87. The van der Waals surface area contributed by atoms with Crippen LogP contribution in [0.1, 0.15) is 12.5 Å². The molecule has 1 N–H and O–H groups in total. The van der Waals surface area contributed by atoms with Crippen LogP contribution in [-0.4, -0.2) is 60.0 Å². The van der Waals surface area contributed by atoms with Crippen LogP contribution in [0.5, 0.6) is 11.5 Å². The zero-order valence-corrected chi connectivity index (χ0v) is 15.4. The number of carboxylic acids is 1. The van der Waals surface area contributed by atoms with E-state index in [1.54, 1.807) is 19.1 Å². The summed E-state index contributed by atoms with van der Waals surface area (Å²) in [6.07, 6.45) is 1.48. The molecule has 1 aromatic rings. The van der Waals surface area contributed by atoms with Gasteiger partial charge in [-0.05, 0) is 42.5 Å². The van der Waals surface area contributed by atoms with Gasteiger partial charge in [0.15, 0.2) is 18.1 Å². The molecular weight excluding hydrogens is 378 g/mol. The number of hydrogen-bond donors (Lipinski definition) is 1. The van der Waals surface area contributed by atoms with Crippen LogP contribution >= 0.6 is 11.8 Å². The van der Waals surface area contributed by atoms with Crippen molar-refractivity contribution >= 4 is 40.9 Å². The molecule has 0 aromatic heterocycles. The van der Waals surface area contributed by atoms with E-state index in [9.17, 15) is 19.2 Å². The number of carbonyl (C=O) groups is 4. The molecule has 2 amide bonds. The summed E-state index contributed by atoms with van der Waals surface area (Å²) in [4.78, 5) is 47.2. The molecule has 0 radical (unpaired) electrons. The standard InChI is InChI=1S/C17H17NO8S/c1-3-25-12-6-10(4-5-11(12)26-9-14(19)20)7-13-16(22)18(17(23)27-13)8-15(21)24-2/h4-7H,3,8-9H2,1-2H3,(H,19,20)/b13-7-. The number of ether oxygens (including phenoxy) is 3. The quantitative estimate of drug-likeness (QED) is 0.518. The highest BCUT2D eigenvalue weighted by Crippen LogP contribution is 2.34. The Morgan fingerprint density at radius 2 is 1.96 bits per heavy atom. The molecule has 1 aromatic carbocycles. The molecule has 2 rings (SSSR count). The number of benzene rings is 1.